The maximum Gasteiger partial charge on any atom is 0.350 e. The van der Waals surface area contributed by atoms with E-state index in [1.54, 1.807) is 0 Å². The van der Waals surface area contributed by atoms with Gasteiger partial charge in [0.1, 0.15) is 0 Å². The Bertz CT molecular complexity index is 546. The average Bonchev–Trinajstić information content (AvgIpc) is 2.72. The minimum atomic E-state index is -1.34. The number of rotatable bonds is 12. The van der Waals surface area contributed by atoms with Gasteiger partial charge in [0.2, 0.25) is 5.60 Å². The van der Waals surface area contributed by atoms with Crippen LogP contribution in [0.3, 0.4) is 0 Å². The lowest BCUT2D eigenvalue weighted by atomic mass is 9.78. The van der Waals surface area contributed by atoms with Crippen LogP contribution in [-0.2, 0) is 28.6 Å². The molecule has 0 aliphatic heterocycles. The summed E-state index contributed by atoms with van der Waals surface area (Å²) in [6.45, 7) is 12.2. The summed E-state index contributed by atoms with van der Waals surface area (Å²) in [5.74, 6) is -1.14. The Morgan fingerprint density at radius 3 is 2.28 bits per heavy atom. The lowest BCUT2D eigenvalue weighted by molar-refractivity contribution is -0.187. The molecule has 0 saturated heterocycles. The SMILES string of the molecule is C=CC(=O)OC1(C(=O)OCC(C)C)CCC(C(=O)OCC(CC)CCCC)CC1. The Morgan fingerprint density at radius 2 is 1.76 bits per heavy atom. The minimum absolute atomic E-state index is 0.177. The predicted octanol–water partition coefficient (Wildman–Crippen LogP) is 4.60. The summed E-state index contributed by atoms with van der Waals surface area (Å²) in [6.07, 6.45) is 6.69. The van der Waals surface area contributed by atoms with Crippen molar-refractivity contribution >= 4 is 17.9 Å². The van der Waals surface area contributed by atoms with E-state index >= 15 is 0 Å². The monoisotopic (exact) mass is 410 g/mol. The Morgan fingerprint density at radius 1 is 1.10 bits per heavy atom. The van der Waals surface area contributed by atoms with Crippen molar-refractivity contribution in [1.29, 1.82) is 0 Å². The Hall–Kier alpha value is -1.85. The maximum absolute atomic E-state index is 12.7. The zero-order chi connectivity index (χ0) is 21.9. The fourth-order valence-electron chi connectivity index (χ4n) is 3.49. The van der Waals surface area contributed by atoms with E-state index in [0.29, 0.717) is 25.4 Å². The topological polar surface area (TPSA) is 78.9 Å². The van der Waals surface area contributed by atoms with Crippen LogP contribution in [0.2, 0.25) is 0 Å². The summed E-state index contributed by atoms with van der Waals surface area (Å²) in [5, 5.41) is 0. The van der Waals surface area contributed by atoms with Gasteiger partial charge in [0.05, 0.1) is 19.1 Å². The highest BCUT2D eigenvalue weighted by atomic mass is 16.6. The molecule has 1 rings (SSSR count). The van der Waals surface area contributed by atoms with Crippen LogP contribution in [0.5, 0.6) is 0 Å². The third-order valence-corrected chi connectivity index (χ3v) is 5.51. The van der Waals surface area contributed by atoms with Crippen LogP contribution in [-0.4, -0.2) is 36.7 Å². The van der Waals surface area contributed by atoms with Gasteiger partial charge in [-0.15, -0.1) is 0 Å². The van der Waals surface area contributed by atoms with Crippen LogP contribution < -0.4 is 0 Å². The molecule has 0 aromatic rings. The number of carbonyl (C=O) groups is 3. The van der Waals surface area contributed by atoms with E-state index in [0.717, 1.165) is 31.8 Å². The second kappa shape index (κ2) is 12.7. The molecule has 6 nitrogen and oxygen atoms in total. The first kappa shape index (κ1) is 25.2. The number of hydrogen-bond acceptors (Lipinski definition) is 6. The number of unbranched alkanes of at least 4 members (excludes halogenated alkanes) is 1. The van der Waals surface area contributed by atoms with Crippen LogP contribution in [0.25, 0.3) is 0 Å². The number of esters is 3. The Balaban J connectivity index is 2.66. The highest BCUT2D eigenvalue weighted by Gasteiger charge is 2.48. The fraction of sp³-hybridized carbons (Fsp3) is 0.783. The second-order valence-corrected chi connectivity index (χ2v) is 8.43. The molecule has 0 aromatic heterocycles. The van der Waals surface area contributed by atoms with Crippen molar-refractivity contribution in [1.82, 2.24) is 0 Å². The van der Waals surface area contributed by atoms with Gasteiger partial charge in [-0.25, -0.2) is 9.59 Å². The molecule has 1 fully saturated rings. The van der Waals surface area contributed by atoms with Gasteiger partial charge in [0.25, 0.3) is 0 Å². The van der Waals surface area contributed by atoms with E-state index in [4.69, 9.17) is 14.2 Å². The molecule has 0 bridgehead atoms. The third kappa shape index (κ3) is 8.19. The van der Waals surface area contributed by atoms with Crippen LogP contribution >= 0.6 is 0 Å². The summed E-state index contributed by atoms with van der Waals surface area (Å²) in [7, 11) is 0. The van der Waals surface area contributed by atoms with Gasteiger partial charge in [-0.2, -0.15) is 0 Å². The van der Waals surface area contributed by atoms with Crippen molar-refractivity contribution in [2.75, 3.05) is 13.2 Å². The molecular weight excluding hydrogens is 372 g/mol. The quantitative estimate of drug-likeness (QED) is 0.266. The Kier molecular flexibility index (Phi) is 11.0. The van der Waals surface area contributed by atoms with Crippen LogP contribution in [0.15, 0.2) is 12.7 Å². The van der Waals surface area contributed by atoms with Gasteiger partial charge in [-0.3, -0.25) is 4.79 Å². The summed E-state index contributed by atoms with van der Waals surface area (Å²) in [6, 6.07) is 0. The molecule has 1 saturated carbocycles. The first-order chi connectivity index (χ1) is 13.8. The van der Waals surface area contributed by atoms with E-state index < -0.39 is 17.5 Å². The standard InChI is InChI=1S/C23H38O6/c1-6-9-10-18(7-2)16-27-21(25)19-11-13-23(14-12-19,29-20(24)8-3)22(26)28-15-17(4)5/h8,17-19H,3,6-7,9-16H2,1-2,4-5H3. The van der Waals surface area contributed by atoms with Crippen LogP contribution in [0.4, 0.5) is 0 Å². The summed E-state index contributed by atoms with van der Waals surface area (Å²) in [4.78, 5) is 37.0. The molecule has 1 atom stereocenters. The fourth-order valence-corrected chi connectivity index (χ4v) is 3.49. The second-order valence-electron chi connectivity index (χ2n) is 8.43. The largest absolute Gasteiger partial charge is 0.465 e. The predicted molar refractivity (Wildman–Crippen MR) is 111 cm³/mol. The van der Waals surface area contributed by atoms with Crippen molar-refractivity contribution < 1.29 is 28.6 Å². The smallest absolute Gasteiger partial charge is 0.350 e. The molecule has 29 heavy (non-hydrogen) atoms. The molecule has 0 N–H and O–H groups in total. The molecule has 1 aliphatic carbocycles. The first-order valence-electron chi connectivity index (χ1n) is 11.0. The van der Waals surface area contributed by atoms with Gasteiger partial charge < -0.3 is 14.2 Å². The van der Waals surface area contributed by atoms with Crippen LogP contribution in [0.1, 0.15) is 79.1 Å². The highest BCUT2D eigenvalue weighted by molar-refractivity contribution is 5.88. The average molecular weight is 411 g/mol. The van der Waals surface area contributed by atoms with E-state index in [1.165, 1.54) is 0 Å². The van der Waals surface area contributed by atoms with Crippen LogP contribution in [0, 0.1) is 17.8 Å². The summed E-state index contributed by atoms with van der Waals surface area (Å²) in [5.41, 5.74) is -1.34. The number of hydrogen-bond donors (Lipinski definition) is 0. The molecule has 0 heterocycles. The van der Waals surface area contributed by atoms with Crippen molar-refractivity contribution in [2.45, 2.75) is 84.7 Å². The summed E-state index contributed by atoms with van der Waals surface area (Å²) >= 11 is 0. The molecule has 1 aliphatic rings. The molecule has 1 unspecified atom stereocenters. The lowest BCUT2D eigenvalue weighted by Crippen LogP contribution is -2.48. The minimum Gasteiger partial charge on any atom is -0.465 e. The zero-order valence-corrected chi connectivity index (χ0v) is 18.5. The van der Waals surface area contributed by atoms with E-state index in [2.05, 4.69) is 20.4 Å². The van der Waals surface area contributed by atoms with Crippen molar-refractivity contribution in [2.24, 2.45) is 17.8 Å². The van der Waals surface area contributed by atoms with E-state index in [9.17, 15) is 14.4 Å². The molecule has 0 radical (unpaired) electrons. The van der Waals surface area contributed by atoms with Gasteiger partial charge >= 0.3 is 17.9 Å². The Labute approximate surface area is 175 Å². The maximum atomic E-state index is 12.7. The van der Waals surface area contributed by atoms with Gasteiger partial charge in [-0.1, -0.05) is 53.5 Å². The summed E-state index contributed by atoms with van der Waals surface area (Å²) < 4.78 is 16.3. The van der Waals surface area contributed by atoms with E-state index in [1.807, 2.05) is 13.8 Å². The van der Waals surface area contributed by atoms with E-state index in [-0.39, 0.29) is 37.3 Å². The van der Waals surface area contributed by atoms with Gasteiger partial charge in [0, 0.05) is 6.08 Å². The zero-order valence-electron chi connectivity index (χ0n) is 18.5. The molecule has 0 spiro atoms. The normalized spacial score (nSPS) is 22.6. The van der Waals surface area contributed by atoms with Gasteiger partial charge in [-0.05, 0) is 43.9 Å². The highest BCUT2D eigenvalue weighted by Crippen LogP contribution is 2.37. The van der Waals surface area contributed by atoms with Crippen molar-refractivity contribution in [3.63, 3.8) is 0 Å². The molecule has 6 heteroatoms. The van der Waals surface area contributed by atoms with Gasteiger partial charge in [0.15, 0.2) is 0 Å². The third-order valence-electron chi connectivity index (χ3n) is 5.51. The number of ether oxygens (including phenoxy) is 3. The molecule has 0 amide bonds. The first-order valence-corrected chi connectivity index (χ1v) is 11.0. The molecular formula is C23H38O6. The van der Waals surface area contributed by atoms with Crippen molar-refractivity contribution in [3.8, 4) is 0 Å². The molecule has 166 valence electrons. The van der Waals surface area contributed by atoms with Crippen molar-refractivity contribution in [3.05, 3.63) is 12.7 Å². The molecule has 0 aromatic carbocycles. The number of carbonyl (C=O) groups excluding carboxylic acids is 3. The lowest BCUT2D eigenvalue weighted by Gasteiger charge is -2.36.